The quantitative estimate of drug-likeness (QED) is 0.327. The van der Waals surface area contributed by atoms with E-state index in [2.05, 4.69) is 5.10 Å². The number of rotatable bonds is 4. The Bertz CT molecular complexity index is 1410. The molecule has 36 heavy (non-hydrogen) atoms. The van der Waals surface area contributed by atoms with Gasteiger partial charge in [-0.05, 0) is 60.3 Å². The van der Waals surface area contributed by atoms with E-state index in [4.69, 9.17) is 11.6 Å². The first-order chi connectivity index (χ1) is 17.0. The molecule has 2 amide bonds. The molecule has 0 N–H and O–H groups in total. The van der Waals surface area contributed by atoms with Crippen molar-refractivity contribution in [3.63, 3.8) is 0 Å². The van der Waals surface area contributed by atoms with E-state index < -0.39 is 35.1 Å². The van der Waals surface area contributed by atoms with Gasteiger partial charge in [-0.1, -0.05) is 23.7 Å². The van der Waals surface area contributed by atoms with E-state index in [1.807, 2.05) is 0 Å². The molecular weight excluding hydrogens is 520 g/mol. The predicted octanol–water partition coefficient (Wildman–Crippen LogP) is 5.45. The highest BCUT2D eigenvalue weighted by Crippen LogP contribution is 2.37. The normalized spacial score (nSPS) is 22.5. The molecule has 0 bridgehead atoms. The van der Waals surface area contributed by atoms with E-state index in [9.17, 15) is 27.2 Å². The number of carbonyl (C=O) groups excluding carboxylic acids is 2. The van der Waals surface area contributed by atoms with Crippen molar-refractivity contribution in [1.29, 1.82) is 0 Å². The lowest BCUT2D eigenvalue weighted by Crippen LogP contribution is -2.44. The van der Waals surface area contributed by atoms with Crippen LogP contribution in [0.1, 0.15) is 16.7 Å². The zero-order chi connectivity index (χ0) is 25.8. The first-order valence-corrected chi connectivity index (χ1v) is 12.1. The number of benzene rings is 2. The van der Waals surface area contributed by atoms with Crippen LogP contribution in [0.4, 0.5) is 22.4 Å². The number of halogens is 5. The van der Waals surface area contributed by atoms with Crippen LogP contribution in [-0.4, -0.2) is 63.1 Å². The number of nitrogens with zero attached hydrogens (tertiary/aromatic N) is 4. The summed E-state index contributed by atoms with van der Waals surface area (Å²) in [7, 11) is 1.73. The molecule has 3 heterocycles. The van der Waals surface area contributed by atoms with Crippen LogP contribution >= 0.6 is 23.4 Å². The van der Waals surface area contributed by atoms with Gasteiger partial charge < -0.3 is 4.90 Å². The molecule has 0 spiro atoms. The molecule has 12 heteroatoms. The second-order valence-electron chi connectivity index (χ2n) is 8.78. The second-order valence-corrected chi connectivity index (χ2v) is 10.2. The fraction of sp³-hybridized carbons (Fsp3) is 0.292. The van der Waals surface area contributed by atoms with Crippen molar-refractivity contribution >= 4 is 51.5 Å². The monoisotopic (exact) mass is 538 g/mol. The lowest BCUT2D eigenvalue weighted by molar-refractivity contribution is -0.138. The van der Waals surface area contributed by atoms with E-state index in [1.165, 1.54) is 23.0 Å². The molecule has 5 rings (SSSR count). The highest BCUT2D eigenvalue weighted by Gasteiger charge is 2.46. The maximum atomic E-state index is 14.3. The van der Waals surface area contributed by atoms with Gasteiger partial charge in [-0.3, -0.25) is 19.2 Å². The van der Waals surface area contributed by atoms with E-state index in [1.54, 1.807) is 36.2 Å². The number of imide groups is 1. The van der Waals surface area contributed by atoms with Gasteiger partial charge in [0.25, 0.3) is 11.1 Å². The summed E-state index contributed by atoms with van der Waals surface area (Å²) in [6, 6.07) is 7.89. The minimum Gasteiger partial charge on any atom is -0.301 e. The summed E-state index contributed by atoms with van der Waals surface area (Å²) in [5.74, 6) is -0.536. The zero-order valence-corrected chi connectivity index (χ0v) is 20.4. The first kappa shape index (κ1) is 24.8. The summed E-state index contributed by atoms with van der Waals surface area (Å²) in [6.07, 6.45) is -2.79. The largest absolute Gasteiger partial charge is 0.416 e. The number of likely N-dealkylation sites (tertiary alicyclic amines) is 1. The molecule has 2 aliphatic rings. The fourth-order valence-electron chi connectivity index (χ4n) is 4.52. The van der Waals surface area contributed by atoms with Crippen LogP contribution in [-0.2, 0) is 17.5 Å². The molecular formula is C24H19ClF4N4O2S. The predicted molar refractivity (Wildman–Crippen MR) is 129 cm³/mol. The van der Waals surface area contributed by atoms with Crippen LogP contribution < -0.4 is 0 Å². The van der Waals surface area contributed by atoms with Crippen molar-refractivity contribution in [1.82, 2.24) is 19.6 Å². The Kier molecular flexibility index (Phi) is 6.34. The molecule has 2 unspecified atom stereocenters. The SMILES string of the molecule is CN1CC(F)C(N2C(=O)SC(=Cc3ccc4c(cnn4Cc4ccc(Cl)cc4C(F)(F)F)c3)C2=O)C1. The molecule has 0 aliphatic carbocycles. The third-order valence-electron chi connectivity index (χ3n) is 6.22. The van der Waals surface area contributed by atoms with Gasteiger partial charge in [0.2, 0.25) is 0 Å². The van der Waals surface area contributed by atoms with E-state index in [0.29, 0.717) is 16.5 Å². The molecule has 2 saturated heterocycles. The smallest absolute Gasteiger partial charge is 0.301 e. The summed E-state index contributed by atoms with van der Waals surface area (Å²) < 4.78 is 56.2. The van der Waals surface area contributed by atoms with Crippen molar-refractivity contribution in [3.05, 3.63) is 69.2 Å². The van der Waals surface area contributed by atoms with E-state index >= 15 is 0 Å². The third kappa shape index (κ3) is 4.62. The molecule has 3 aromatic rings. The Hall–Kier alpha value is -2.89. The summed E-state index contributed by atoms with van der Waals surface area (Å²) in [5.41, 5.74) is 0.404. The lowest BCUT2D eigenvalue weighted by atomic mass is 10.1. The Balaban J connectivity index is 1.40. The van der Waals surface area contributed by atoms with Gasteiger partial charge in [0.05, 0.1) is 34.8 Å². The van der Waals surface area contributed by atoms with Gasteiger partial charge >= 0.3 is 6.18 Å². The highest BCUT2D eigenvalue weighted by molar-refractivity contribution is 8.18. The second kappa shape index (κ2) is 9.20. The molecule has 6 nitrogen and oxygen atoms in total. The number of aromatic nitrogens is 2. The van der Waals surface area contributed by atoms with E-state index in [-0.39, 0.29) is 35.1 Å². The van der Waals surface area contributed by atoms with Crippen molar-refractivity contribution in [2.45, 2.75) is 24.9 Å². The number of fused-ring (bicyclic) bond motifs is 1. The number of alkyl halides is 4. The number of amides is 2. The van der Waals surface area contributed by atoms with Crippen LogP contribution in [0.2, 0.25) is 5.02 Å². The van der Waals surface area contributed by atoms with E-state index in [0.717, 1.165) is 22.7 Å². The number of carbonyl (C=O) groups is 2. The molecule has 2 aromatic carbocycles. The first-order valence-electron chi connectivity index (χ1n) is 10.9. The standard InChI is InChI=1S/C24H19ClF4N4O2S/c1-31-11-18(26)20(12-31)33-22(34)21(36-23(33)35)7-13-2-5-19-15(6-13)9-30-32(19)10-14-3-4-16(25)8-17(14)24(27,28)29/h2-9,18,20H,10-12H2,1H3. The van der Waals surface area contributed by atoms with Crippen molar-refractivity contribution < 1.29 is 27.2 Å². The average molecular weight is 539 g/mol. The molecule has 2 atom stereocenters. The lowest BCUT2D eigenvalue weighted by Gasteiger charge is -2.21. The van der Waals surface area contributed by atoms with Crippen LogP contribution in [0.3, 0.4) is 0 Å². The van der Waals surface area contributed by atoms with Gasteiger partial charge in [0.15, 0.2) is 0 Å². The Morgan fingerprint density at radius 3 is 2.64 bits per heavy atom. The Morgan fingerprint density at radius 2 is 1.94 bits per heavy atom. The Labute approximate surface area is 212 Å². The average Bonchev–Trinajstić information content (AvgIpc) is 3.43. The molecule has 0 saturated carbocycles. The molecule has 1 aromatic heterocycles. The topological polar surface area (TPSA) is 58.4 Å². The zero-order valence-electron chi connectivity index (χ0n) is 18.8. The summed E-state index contributed by atoms with van der Waals surface area (Å²) in [5, 5.41) is 4.36. The van der Waals surface area contributed by atoms with Crippen LogP contribution in [0.5, 0.6) is 0 Å². The molecule has 0 radical (unpaired) electrons. The van der Waals surface area contributed by atoms with Gasteiger partial charge in [0.1, 0.15) is 6.17 Å². The summed E-state index contributed by atoms with van der Waals surface area (Å²) in [6.45, 7) is 0.321. The third-order valence-corrected chi connectivity index (χ3v) is 7.34. The van der Waals surface area contributed by atoms with Crippen LogP contribution in [0.15, 0.2) is 47.5 Å². The maximum Gasteiger partial charge on any atom is 0.416 e. The Morgan fingerprint density at radius 1 is 1.17 bits per heavy atom. The van der Waals surface area contributed by atoms with Crippen molar-refractivity contribution in [3.8, 4) is 0 Å². The van der Waals surface area contributed by atoms with Crippen LogP contribution in [0, 0.1) is 0 Å². The van der Waals surface area contributed by atoms with Gasteiger partial charge in [-0.15, -0.1) is 0 Å². The number of thioether (sulfide) groups is 1. The highest BCUT2D eigenvalue weighted by atomic mass is 35.5. The van der Waals surface area contributed by atoms with Gasteiger partial charge in [-0.2, -0.15) is 18.3 Å². The number of hydrogen-bond acceptors (Lipinski definition) is 5. The molecule has 2 aliphatic heterocycles. The number of likely N-dealkylation sites (N-methyl/N-ethyl adjacent to an activating group) is 1. The van der Waals surface area contributed by atoms with Crippen molar-refractivity contribution in [2.75, 3.05) is 20.1 Å². The van der Waals surface area contributed by atoms with Crippen LogP contribution in [0.25, 0.3) is 17.0 Å². The van der Waals surface area contributed by atoms with Crippen molar-refractivity contribution in [2.24, 2.45) is 0 Å². The molecule has 188 valence electrons. The van der Waals surface area contributed by atoms with Gasteiger partial charge in [-0.25, -0.2) is 4.39 Å². The van der Waals surface area contributed by atoms with Gasteiger partial charge in [0, 0.05) is 23.5 Å². The molecule has 2 fully saturated rings. The minimum atomic E-state index is -4.56. The number of hydrogen-bond donors (Lipinski definition) is 0. The maximum absolute atomic E-state index is 14.3. The fourth-order valence-corrected chi connectivity index (χ4v) is 5.58. The summed E-state index contributed by atoms with van der Waals surface area (Å²) in [4.78, 5) is 28.3. The minimum absolute atomic E-state index is 0.00700. The summed E-state index contributed by atoms with van der Waals surface area (Å²) >= 11 is 6.53.